The van der Waals surface area contributed by atoms with Gasteiger partial charge < -0.3 is 5.11 Å². The lowest BCUT2D eigenvalue weighted by Gasteiger charge is -2.57. The van der Waals surface area contributed by atoms with Gasteiger partial charge in [0, 0.05) is 0 Å². The van der Waals surface area contributed by atoms with Gasteiger partial charge in [-0.1, -0.05) is 26.0 Å². The zero-order valence-electron chi connectivity index (χ0n) is 13.1. The molecule has 0 saturated heterocycles. The third kappa shape index (κ3) is 1.65. The lowest BCUT2D eigenvalue weighted by atomic mass is 9.48. The van der Waals surface area contributed by atoms with Gasteiger partial charge in [-0.2, -0.15) is 0 Å². The topological polar surface area (TPSA) is 20.2 Å². The first kappa shape index (κ1) is 13.4. The number of hydrogen-bond donors (Lipinski definition) is 1. The molecule has 20 heavy (non-hydrogen) atoms. The molecule has 7 atom stereocenters. The minimum atomic E-state index is -0.0204. The quantitative estimate of drug-likeness (QED) is 0.642. The van der Waals surface area contributed by atoms with Crippen LogP contribution < -0.4 is 0 Å². The number of rotatable bonds is 0. The van der Waals surface area contributed by atoms with Gasteiger partial charge in [-0.15, -0.1) is 0 Å². The zero-order chi connectivity index (χ0) is 14.0. The van der Waals surface area contributed by atoms with Gasteiger partial charge >= 0.3 is 0 Å². The molecule has 3 fully saturated rings. The van der Waals surface area contributed by atoms with Crippen molar-refractivity contribution in [3.05, 3.63) is 12.2 Å². The van der Waals surface area contributed by atoms with Crippen molar-refractivity contribution in [2.45, 2.75) is 71.3 Å². The zero-order valence-corrected chi connectivity index (χ0v) is 13.1. The predicted molar refractivity (Wildman–Crippen MR) is 82.3 cm³/mol. The Labute approximate surface area is 123 Å². The van der Waals surface area contributed by atoms with E-state index in [-0.39, 0.29) is 11.5 Å². The van der Waals surface area contributed by atoms with Gasteiger partial charge in [0.1, 0.15) is 0 Å². The van der Waals surface area contributed by atoms with Gasteiger partial charge in [-0.3, -0.25) is 0 Å². The number of aliphatic hydroxyl groups excluding tert-OH is 1. The highest BCUT2D eigenvalue weighted by Gasteiger charge is 2.57. The van der Waals surface area contributed by atoms with E-state index in [0.29, 0.717) is 5.41 Å². The van der Waals surface area contributed by atoms with Crippen molar-refractivity contribution in [2.24, 2.45) is 34.5 Å². The lowest BCUT2D eigenvalue weighted by molar-refractivity contribution is -0.0877. The molecule has 1 nitrogen and oxygen atoms in total. The van der Waals surface area contributed by atoms with Crippen LogP contribution in [0.5, 0.6) is 0 Å². The third-order valence-corrected chi connectivity index (χ3v) is 7.97. The van der Waals surface area contributed by atoms with E-state index in [2.05, 4.69) is 26.0 Å². The summed E-state index contributed by atoms with van der Waals surface area (Å²) in [4.78, 5) is 0. The summed E-state index contributed by atoms with van der Waals surface area (Å²) in [7, 11) is 0. The van der Waals surface area contributed by atoms with Crippen LogP contribution in [0.3, 0.4) is 0 Å². The monoisotopic (exact) mass is 274 g/mol. The Bertz CT molecular complexity index is 427. The second kappa shape index (κ2) is 4.35. The summed E-state index contributed by atoms with van der Waals surface area (Å²) in [5, 5.41) is 10.4. The minimum Gasteiger partial charge on any atom is -0.393 e. The molecule has 0 spiro atoms. The highest BCUT2D eigenvalue weighted by Crippen LogP contribution is 2.64. The maximum absolute atomic E-state index is 10.4. The average molecular weight is 274 g/mol. The molecule has 0 aromatic carbocycles. The van der Waals surface area contributed by atoms with Gasteiger partial charge in [0.2, 0.25) is 0 Å². The maximum Gasteiger partial charge on any atom is 0.0596 e. The largest absolute Gasteiger partial charge is 0.393 e. The molecule has 4 aliphatic rings. The van der Waals surface area contributed by atoms with Crippen LogP contribution in [0.2, 0.25) is 0 Å². The first-order valence-corrected chi connectivity index (χ1v) is 8.90. The van der Waals surface area contributed by atoms with Crippen LogP contribution in [0.15, 0.2) is 12.2 Å². The van der Waals surface area contributed by atoms with Crippen LogP contribution in [0.1, 0.15) is 65.2 Å². The molecule has 0 heterocycles. The maximum atomic E-state index is 10.4. The summed E-state index contributed by atoms with van der Waals surface area (Å²) < 4.78 is 0. The molecule has 3 saturated carbocycles. The standard InChI is InChI=1S/C19H30O/c1-18-10-4-3-5-15(18)13-9-12-19(2)16(6-7-17(19)20)14(13)8-11-18/h4,10,13-17,20H,3,5-9,11-12H2,1-2H3/t13?,14?,15?,16?,17?,18-,19?/m1/s1. The SMILES string of the molecule is CC12CCC3C(CC[C@@]4(C)C=CCCC34)C1CCC2O. The predicted octanol–water partition coefficient (Wildman–Crippen LogP) is 4.56. The van der Waals surface area contributed by atoms with E-state index in [9.17, 15) is 5.11 Å². The van der Waals surface area contributed by atoms with Gasteiger partial charge in [-0.05, 0) is 85.9 Å². The van der Waals surface area contributed by atoms with E-state index in [1.807, 2.05) is 0 Å². The Morgan fingerprint density at radius 1 is 0.900 bits per heavy atom. The van der Waals surface area contributed by atoms with E-state index >= 15 is 0 Å². The Kier molecular flexibility index (Phi) is 2.91. The normalized spacial score (nSPS) is 57.9. The van der Waals surface area contributed by atoms with E-state index in [4.69, 9.17) is 0 Å². The molecule has 6 unspecified atom stereocenters. The summed E-state index contributed by atoms with van der Waals surface area (Å²) in [5.74, 6) is 3.60. The summed E-state index contributed by atoms with van der Waals surface area (Å²) >= 11 is 0. The molecule has 0 aromatic heterocycles. The molecule has 1 N–H and O–H groups in total. The van der Waals surface area contributed by atoms with Crippen LogP contribution in [0, 0.1) is 34.5 Å². The van der Waals surface area contributed by atoms with E-state index < -0.39 is 0 Å². The smallest absolute Gasteiger partial charge is 0.0596 e. The summed E-state index contributed by atoms with van der Waals surface area (Å²) in [6.07, 6.45) is 15.5. The molecular formula is C19H30O. The van der Waals surface area contributed by atoms with Crippen molar-refractivity contribution in [3.63, 3.8) is 0 Å². The van der Waals surface area contributed by atoms with Crippen molar-refractivity contribution in [2.75, 3.05) is 0 Å². The van der Waals surface area contributed by atoms with Crippen molar-refractivity contribution in [3.8, 4) is 0 Å². The molecule has 0 radical (unpaired) electrons. The van der Waals surface area contributed by atoms with E-state index in [0.717, 1.165) is 30.1 Å². The van der Waals surface area contributed by atoms with E-state index in [1.54, 1.807) is 0 Å². The van der Waals surface area contributed by atoms with Crippen molar-refractivity contribution in [1.82, 2.24) is 0 Å². The van der Waals surface area contributed by atoms with Crippen LogP contribution in [-0.2, 0) is 0 Å². The Hall–Kier alpha value is -0.300. The first-order valence-electron chi connectivity index (χ1n) is 8.90. The highest BCUT2D eigenvalue weighted by atomic mass is 16.3. The van der Waals surface area contributed by atoms with Crippen molar-refractivity contribution < 1.29 is 5.11 Å². The minimum absolute atomic E-state index is 0.0204. The number of hydrogen-bond acceptors (Lipinski definition) is 1. The van der Waals surface area contributed by atoms with Crippen molar-refractivity contribution in [1.29, 1.82) is 0 Å². The summed E-state index contributed by atoms with van der Waals surface area (Å²) in [6, 6.07) is 0. The fourth-order valence-electron chi connectivity index (χ4n) is 6.74. The van der Waals surface area contributed by atoms with Crippen LogP contribution in [-0.4, -0.2) is 11.2 Å². The molecule has 4 rings (SSSR count). The fraction of sp³-hybridized carbons (Fsp3) is 0.895. The van der Waals surface area contributed by atoms with Gasteiger partial charge in [0.05, 0.1) is 6.10 Å². The Balaban J connectivity index is 1.64. The van der Waals surface area contributed by atoms with Crippen LogP contribution in [0.4, 0.5) is 0 Å². The third-order valence-electron chi connectivity index (χ3n) is 7.97. The Morgan fingerprint density at radius 3 is 2.50 bits per heavy atom. The van der Waals surface area contributed by atoms with Gasteiger partial charge in [-0.25, -0.2) is 0 Å². The summed E-state index contributed by atoms with van der Waals surface area (Å²) in [6.45, 7) is 4.90. The highest BCUT2D eigenvalue weighted by molar-refractivity contribution is 5.13. The van der Waals surface area contributed by atoms with Crippen LogP contribution in [0.25, 0.3) is 0 Å². The molecule has 0 aromatic rings. The average Bonchev–Trinajstić information content (AvgIpc) is 2.74. The van der Waals surface area contributed by atoms with Crippen molar-refractivity contribution >= 4 is 0 Å². The molecule has 1 heteroatoms. The fourth-order valence-corrected chi connectivity index (χ4v) is 6.74. The number of fused-ring (bicyclic) bond motifs is 5. The van der Waals surface area contributed by atoms with Gasteiger partial charge in [0.15, 0.2) is 0 Å². The molecule has 4 aliphatic carbocycles. The summed E-state index contributed by atoms with van der Waals surface area (Å²) in [5.41, 5.74) is 0.740. The Morgan fingerprint density at radius 2 is 1.65 bits per heavy atom. The number of allylic oxidation sites excluding steroid dienone is 2. The molecule has 112 valence electrons. The van der Waals surface area contributed by atoms with Crippen LogP contribution >= 0.6 is 0 Å². The van der Waals surface area contributed by atoms with E-state index in [1.165, 1.54) is 44.9 Å². The molecular weight excluding hydrogens is 244 g/mol. The molecule has 0 bridgehead atoms. The number of aliphatic hydroxyl groups is 1. The lowest BCUT2D eigenvalue weighted by Crippen LogP contribution is -2.51. The second-order valence-corrected chi connectivity index (χ2v) is 8.70. The second-order valence-electron chi connectivity index (χ2n) is 8.70. The molecule has 0 aliphatic heterocycles. The molecule has 0 amide bonds. The first-order chi connectivity index (χ1) is 9.55. The van der Waals surface area contributed by atoms with Gasteiger partial charge in [0.25, 0.3) is 0 Å².